The van der Waals surface area contributed by atoms with Gasteiger partial charge in [0.2, 0.25) is 10.0 Å². The molecule has 0 atom stereocenters. The largest absolute Gasteiger partial charge is 0.372 e. The second kappa shape index (κ2) is 7.70. The molecule has 1 saturated carbocycles. The molecule has 162 valence electrons. The van der Waals surface area contributed by atoms with Gasteiger partial charge in [0.1, 0.15) is 23.0 Å². The summed E-state index contributed by atoms with van der Waals surface area (Å²) in [6.45, 7) is 2.35. The highest BCUT2D eigenvalue weighted by molar-refractivity contribution is 7.89. The molecule has 29 heavy (non-hydrogen) atoms. The van der Waals surface area contributed by atoms with Gasteiger partial charge in [-0.25, -0.2) is 26.6 Å². The lowest BCUT2D eigenvalue weighted by molar-refractivity contribution is -0.0560. The maximum absolute atomic E-state index is 14.5. The monoisotopic (exact) mass is 433 g/mol. The van der Waals surface area contributed by atoms with Gasteiger partial charge in [0, 0.05) is 31.9 Å². The van der Waals surface area contributed by atoms with Crippen LogP contribution in [0.5, 0.6) is 0 Å². The van der Waals surface area contributed by atoms with Gasteiger partial charge < -0.3 is 9.64 Å². The number of piperidine rings is 3. The lowest BCUT2D eigenvalue weighted by Gasteiger charge is -2.50. The van der Waals surface area contributed by atoms with Crippen molar-refractivity contribution in [2.24, 2.45) is 5.92 Å². The lowest BCUT2D eigenvalue weighted by Crippen LogP contribution is -2.59. The summed E-state index contributed by atoms with van der Waals surface area (Å²) in [5.74, 6) is 0.428. The minimum absolute atomic E-state index is 0.0770. The number of rotatable bonds is 6. The minimum Gasteiger partial charge on any atom is -0.372 e. The van der Waals surface area contributed by atoms with E-state index < -0.39 is 28.7 Å². The molecule has 0 spiro atoms. The number of aryl methyl sites for hydroxylation is 1. The molecular weight excluding hydrogens is 407 g/mol. The first-order valence-corrected chi connectivity index (χ1v) is 11.4. The first-order valence-electron chi connectivity index (χ1n) is 9.98. The Hall–Kier alpha value is -1.39. The topological polar surface area (TPSA) is 62.7 Å². The summed E-state index contributed by atoms with van der Waals surface area (Å²) in [6.07, 6.45) is -0.875. The number of hydrogen-bond donors (Lipinski definition) is 0. The predicted molar refractivity (Wildman–Crippen MR) is 101 cm³/mol. The zero-order valence-electron chi connectivity index (χ0n) is 16.4. The van der Waals surface area contributed by atoms with Crippen molar-refractivity contribution in [1.29, 1.82) is 0 Å². The van der Waals surface area contributed by atoms with Crippen molar-refractivity contribution in [2.45, 2.75) is 55.7 Å². The number of anilines is 1. The highest BCUT2D eigenvalue weighted by atomic mass is 32.2. The van der Waals surface area contributed by atoms with E-state index in [1.807, 2.05) is 4.90 Å². The van der Waals surface area contributed by atoms with Gasteiger partial charge >= 0.3 is 0 Å². The van der Waals surface area contributed by atoms with E-state index in [4.69, 9.17) is 4.74 Å². The molecule has 1 aromatic heterocycles. The van der Waals surface area contributed by atoms with Crippen LogP contribution in [0, 0.1) is 12.8 Å². The molecule has 5 rings (SSSR count). The number of fused-ring (bicyclic) bond motifs is 2. The molecule has 3 aliphatic heterocycles. The van der Waals surface area contributed by atoms with Crippen molar-refractivity contribution in [3.05, 3.63) is 17.8 Å². The number of nitrogens with zero attached hydrogens (tertiary/aromatic N) is 3. The van der Waals surface area contributed by atoms with Crippen LogP contribution in [-0.2, 0) is 14.8 Å². The van der Waals surface area contributed by atoms with Gasteiger partial charge in [-0.05, 0) is 50.7 Å². The van der Waals surface area contributed by atoms with Gasteiger partial charge in [-0.2, -0.15) is 4.31 Å². The summed E-state index contributed by atoms with van der Waals surface area (Å²) in [5, 5.41) is 0. The van der Waals surface area contributed by atoms with Gasteiger partial charge in [0.15, 0.2) is 0 Å². The SMILES string of the molecule is Cc1ccc(S(=O)(=O)N2CC3CC(F)(C3)C2)c(N2CCC(OCC(F)F)CC2)n1. The van der Waals surface area contributed by atoms with Crippen molar-refractivity contribution in [1.82, 2.24) is 9.29 Å². The molecule has 0 unspecified atom stereocenters. The first kappa shape index (κ1) is 20.9. The predicted octanol–water partition coefficient (Wildman–Crippen LogP) is 2.76. The molecule has 0 N–H and O–H groups in total. The van der Waals surface area contributed by atoms with Crippen LogP contribution in [0.15, 0.2) is 17.0 Å². The van der Waals surface area contributed by atoms with Crippen LogP contribution >= 0.6 is 0 Å². The van der Waals surface area contributed by atoms with Crippen molar-refractivity contribution in [2.75, 3.05) is 37.7 Å². The summed E-state index contributed by atoms with van der Waals surface area (Å²) >= 11 is 0. The van der Waals surface area contributed by atoms with Gasteiger partial charge in [0.25, 0.3) is 6.43 Å². The Balaban J connectivity index is 1.53. The number of alkyl halides is 3. The Morgan fingerprint density at radius 2 is 1.97 bits per heavy atom. The summed E-state index contributed by atoms with van der Waals surface area (Å²) < 4.78 is 72.3. The first-order chi connectivity index (χ1) is 13.7. The molecule has 0 aromatic carbocycles. The Morgan fingerprint density at radius 3 is 2.59 bits per heavy atom. The molecule has 2 bridgehead atoms. The maximum atomic E-state index is 14.5. The van der Waals surface area contributed by atoms with Crippen LogP contribution in [0.2, 0.25) is 0 Å². The number of pyridine rings is 1. The minimum atomic E-state index is -3.88. The molecule has 0 radical (unpaired) electrons. The van der Waals surface area contributed by atoms with Gasteiger partial charge in [-0.1, -0.05) is 0 Å². The van der Waals surface area contributed by atoms with Crippen LogP contribution in [0.4, 0.5) is 19.0 Å². The third-order valence-corrected chi connectivity index (χ3v) is 7.86. The summed E-state index contributed by atoms with van der Waals surface area (Å²) in [4.78, 5) is 6.41. The summed E-state index contributed by atoms with van der Waals surface area (Å²) in [7, 11) is -3.88. The van der Waals surface area contributed by atoms with E-state index >= 15 is 0 Å². The Labute approximate surface area is 169 Å². The quantitative estimate of drug-likeness (QED) is 0.691. The van der Waals surface area contributed by atoms with E-state index in [2.05, 4.69) is 4.98 Å². The average molecular weight is 433 g/mol. The Kier molecular flexibility index (Phi) is 5.54. The third-order valence-electron chi connectivity index (χ3n) is 6.03. The smallest absolute Gasteiger partial charge is 0.261 e. The normalized spacial score (nSPS) is 28.6. The number of sulfonamides is 1. The van der Waals surface area contributed by atoms with Gasteiger partial charge in [-0.3, -0.25) is 0 Å². The number of hydrogen-bond acceptors (Lipinski definition) is 5. The lowest BCUT2D eigenvalue weighted by atomic mass is 9.69. The van der Waals surface area contributed by atoms with E-state index in [0.29, 0.717) is 56.8 Å². The molecule has 1 aromatic rings. The van der Waals surface area contributed by atoms with E-state index in [1.165, 1.54) is 10.4 Å². The molecule has 4 aliphatic rings. The summed E-state index contributed by atoms with van der Waals surface area (Å²) in [6, 6.07) is 3.18. The third kappa shape index (κ3) is 4.25. The van der Waals surface area contributed by atoms with Crippen molar-refractivity contribution in [3.63, 3.8) is 0 Å². The van der Waals surface area contributed by atoms with E-state index in [9.17, 15) is 21.6 Å². The molecule has 0 amide bonds. The molecule has 3 saturated heterocycles. The number of halogens is 3. The molecule has 6 nitrogen and oxygen atoms in total. The van der Waals surface area contributed by atoms with Crippen LogP contribution in [0.3, 0.4) is 0 Å². The molecular formula is C19H26F3N3O3S. The van der Waals surface area contributed by atoms with Crippen LogP contribution in [-0.4, -0.2) is 68.7 Å². The second-order valence-electron chi connectivity index (χ2n) is 8.41. The highest BCUT2D eigenvalue weighted by Crippen LogP contribution is 2.47. The number of aromatic nitrogens is 1. The van der Waals surface area contributed by atoms with Crippen LogP contribution < -0.4 is 4.90 Å². The Morgan fingerprint density at radius 1 is 1.28 bits per heavy atom. The molecule has 4 fully saturated rings. The van der Waals surface area contributed by atoms with Crippen LogP contribution in [0.25, 0.3) is 0 Å². The summed E-state index contributed by atoms with van der Waals surface area (Å²) in [5.41, 5.74) is -0.729. The second-order valence-corrected chi connectivity index (χ2v) is 10.3. The van der Waals surface area contributed by atoms with Crippen molar-refractivity contribution >= 4 is 15.8 Å². The van der Waals surface area contributed by atoms with Crippen molar-refractivity contribution in [3.8, 4) is 0 Å². The molecule has 4 heterocycles. The van der Waals surface area contributed by atoms with Crippen molar-refractivity contribution < 1.29 is 26.3 Å². The molecule has 1 aliphatic carbocycles. The standard InChI is InChI=1S/C19H26F3N3O3S/c1-13-2-3-16(29(26,27)25-10-14-8-19(22,9-14)12-25)18(23-13)24-6-4-15(5-7-24)28-11-17(20)21/h2-3,14-15,17H,4-12H2,1H3. The highest BCUT2D eigenvalue weighted by Gasteiger charge is 2.53. The fourth-order valence-corrected chi connectivity index (χ4v) is 6.36. The number of ether oxygens (including phenoxy) is 1. The zero-order chi connectivity index (χ0) is 20.8. The van der Waals surface area contributed by atoms with Crippen LogP contribution in [0.1, 0.15) is 31.4 Å². The molecule has 10 heteroatoms. The van der Waals surface area contributed by atoms with E-state index in [-0.39, 0.29) is 23.5 Å². The van der Waals surface area contributed by atoms with E-state index in [0.717, 1.165) is 0 Å². The fraction of sp³-hybridized carbons (Fsp3) is 0.737. The zero-order valence-corrected chi connectivity index (χ0v) is 17.2. The maximum Gasteiger partial charge on any atom is 0.261 e. The van der Waals surface area contributed by atoms with Gasteiger partial charge in [-0.15, -0.1) is 0 Å². The fourth-order valence-electron chi connectivity index (χ4n) is 4.63. The Bertz CT molecular complexity index is 854. The van der Waals surface area contributed by atoms with Gasteiger partial charge in [0.05, 0.1) is 6.10 Å². The van der Waals surface area contributed by atoms with E-state index in [1.54, 1.807) is 13.0 Å². The average Bonchev–Trinajstić information content (AvgIpc) is 2.65.